The second-order valence-corrected chi connectivity index (χ2v) is 12.1. The first-order valence-electron chi connectivity index (χ1n) is 15.5. The van der Waals surface area contributed by atoms with E-state index < -0.39 is 18.6 Å². The van der Waals surface area contributed by atoms with Gasteiger partial charge in [-0.05, 0) is 56.2 Å². The monoisotopic (exact) mass is 558 g/mol. The number of hydrogen-bond donors (Lipinski definition) is 2. The molecule has 8 nitrogen and oxygen atoms in total. The number of fused-ring (bicyclic) bond motifs is 3. The normalized spacial score (nSPS) is 24.5. The third-order valence-electron chi connectivity index (χ3n) is 9.42. The summed E-state index contributed by atoms with van der Waals surface area (Å²) < 4.78 is 7.36. The molecule has 3 fully saturated rings. The van der Waals surface area contributed by atoms with Gasteiger partial charge in [-0.2, -0.15) is 0 Å². The predicted octanol–water partition coefficient (Wildman–Crippen LogP) is 5.19. The van der Waals surface area contributed by atoms with Crippen molar-refractivity contribution < 1.29 is 14.6 Å². The molecule has 0 spiro atoms. The quantitative estimate of drug-likeness (QED) is 0.367. The SMILES string of the molecule is O=C(OCc1ccccc1)[C@@H](CO)Nc1nc2ccccc2n([C@H]2C[C@H]3CC[C@@H](C2)N3C2CCCCCCC2)c1=O. The smallest absolute Gasteiger partial charge is 0.331 e. The highest BCUT2D eigenvalue weighted by molar-refractivity contribution is 5.80. The van der Waals surface area contributed by atoms with Crippen molar-refractivity contribution in [2.24, 2.45) is 0 Å². The summed E-state index contributed by atoms with van der Waals surface area (Å²) in [5.74, 6) is -0.544. The van der Waals surface area contributed by atoms with E-state index >= 15 is 0 Å². The highest BCUT2D eigenvalue weighted by Crippen LogP contribution is 2.44. The van der Waals surface area contributed by atoms with Crippen molar-refractivity contribution in [3.05, 3.63) is 70.5 Å². The molecule has 4 atom stereocenters. The molecule has 2 aromatic carbocycles. The van der Waals surface area contributed by atoms with Crippen molar-refractivity contribution in [3.63, 3.8) is 0 Å². The molecule has 3 aromatic rings. The van der Waals surface area contributed by atoms with Crippen molar-refractivity contribution in [2.45, 2.75) is 107 Å². The molecule has 2 aliphatic heterocycles. The zero-order valence-corrected chi connectivity index (χ0v) is 23.8. The summed E-state index contributed by atoms with van der Waals surface area (Å²) in [5, 5.41) is 13.0. The van der Waals surface area contributed by atoms with E-state index in [1.165, 1.54) is 57.8 Å². The molecule has 218 valence electrons. The summed E-state index contributed by atoms with van der Waals surface area (Å²) in [6.07, 6.45) is 13.6. The molecule has 6 rings (SSSR count). The van der Waals surface area contributed by atoms with E-state index in [1.54, 1.807) is 0 Å². The number of para-hydroxylation sites is 2. The van der Waals surface area contributed by atoms with Crippen LogP contribution in [0, 0.1) is 0 Å². The number of benzene rings is 2. The largest absolute Gasteiger partial charge is 0.459 e. The van der Waals surface area contributed by atoms with Crippen LogP contribution in [0.1, 0.15) is 82.2 Å². The first-order valence-corrected chi connectivity index (χ1v) is 15.5. The highest BCUT2D eigenvalue weighted by atomic mass is 16.5. The summed E-state index contributed by atoms with van der Waals surface area (Å²) in [6.45, 7) is -0.416. The number of piperidine rings is 1. The summed E-state index contributed by atoms with van der Waals surface area (Å²) in [5.41, 5.74) is 2.11. The average Bonchev–Trinajstić information content (AvgIpc) is 3.23. The number of nitrogens with zero attached hydrogens (tertiary/aromatic N) is 3. The van der Waals surface area contributed by atoms with Gasteiger partial charge in [-0.1, -0.05) is 74.6 Å². The molecule has 1 aliphatic carbocycles. The van der Waals surface area contributed by atoms with Crippen molar-refractivity contribution in [2.75, 3.05) is 11.9 Å². The standard InChI is InChI=1S/C33H42N4O4/c38-21-29(33(40)41-22-23-11-5-4-6-12-23)35-31-32(39)37(30-16-10-9-15-28(30)34-31)27-19-25-17-18-26(20-27)36(25)24-13-7-2-1-3-8-14-24/h4-6,9-12,15-16,24-27,29,38H,1-3,7-8,13-14,17-22H2,(H,34,35)/t25-,26+,27+,29-/m1/s1. The second-order valence-electron chi connectivity index (χ2n) is 12.1. The fourth-order valence-electron chi connectivity index (χ4n) is 7.51. The Kier molecular flexibility index (Phi) is 8.67. The number of carbonyl (C=O) groups is 1. The van der Waals surface area contributed by atoms with Crippen molar-refractivity contribution in [1.82, 2.24) is 14.5 Å². The molecule has 2 N–H and O–H groups in total. The molecular formula is C33H42N4O4. The second kappa shape index (κ2) is 12.7. The number of nitrogens with one attached hydrogen (secondary N) is 1. The lowest BCUT2D eigenvalue weighted by molar-refractivity contribution is -0.146. The Morgan fingerprint density at radius 1 is 0.878 bits per heavy atom. The topological polar surface area (TPSA) is 96.7 Å². The Balaban J connectivity index is 1.24. The minimum Gasteiger partial charge on any atom is -0.459 e. The Bertz CT molecular complexity index is 1370. The van der Waals surface area contributed by atoms with E-state index in [0.29, 0.717) is 23.6 Å². The maximum Gasteiger partial charge on any atom is 0.331 e. The zero-order valence-electron chi connectivity index (χ0n) is 23.8. The van der Waals surface area contributed by atoms with Gasteiger partial charge in [-0.3, -0.25) is 9.69 Å². The Hall–Kier alpha value is -3.23. The van der Waals surface area contributed by atoms with Gasteiger partial charge in [-0.25, -0.2) is 9.78 Å². The van der Waals surface area contributed by atoms with Crippen LogP contribution in [0.3, 0.4) is 0 Å². The van der Waals surface area contributed by atoms with Crippen molar-refractivity contribution in [3.8, 4) is 0 Å². The summed E-state index contributed by atoms with van der Waals surface area (Å²) >= 11 is 0. The maximum atomic E-state index is 14.0. The first kappa shape index (κ1) is 27.9. The predicted molar refractivity (Wildman–Crippen MR) is 160 cm³/mol. The fourth-order valence-corrected chi connectivity index (χ4v) is 7.51. The summed E-state index contributed by atoms with van der Waals surface area (Å²) in [7, 11) is 0. The first-order chi connectivity index (χ1) is 20.1. The lowest BCUT2D eigenvalue weighted by atomic mass is 9.89. The van der Waals surface area contributed by atoms with Gasteiger partial charge in [0.15, 0.2) is 5.82 Å². The van der Waals surface area contributed by atoms with Gasteiger partial charge in [0.1, 0.15) is 12.6 Å². The summed E-state index contributed by atoms with van der Waals surface area (Å²) in [4.78, 5) is 34.3. The van der Waals surface area contributed by atoms with Crippen LogP contribution in [0.5, 0.6) is 0 Å². The van der Waals surface area contributed by atoms with Crippen LogP contribution >= 0.6 is 0 Å². The number of ether oxygens (including phenoxy) is 1. The van der Waals surface area contributed by atoms with Crippen LogP contribution in [0.25, 0.3) is 11.0 Å². The number of rotatable bonds is 8. The Morgan fingerprint density at radius 2 is 1.54 bits per heavy atom. The number of aromatic nitrogens is 2. The minimum atomic E-state index is -1.09. The van der Waals surface area contributed by atoms with Crippen LogP contribution < -0.4 is 10.9 Å². The maximum absolute atomic E-state index is 14.0. The number of esters is 1. The third-order valence-corrected chi connectivity index (χ3v) is 9.42. The van der Waals surface area contributed by atoms with E-state index in [-0.39, 0.29) is 24.0 Å². The van der Waals surface area contributed by atoms with Crippen LogP contribution in [0.2, 0.25) is 0 Å². The molecule has 2 bridgehead atoms. The molecule has 2 saturated heterocycles. The summed E-state index contributed by atoms with van der Waals surface area (Å²) in [6, 6.07) is 17.7. The van der Waals surface area contributed by atoms with Crippen LogP contribution in [-0.2, 0) is 16.1 Å². The Labute approximate surface area is 241 Å². The molecule has 0 amide bonds. The van der Waals surface area contributed by atoms with E-state index in [1.807, 2.05) is 59.2 Å². The number of carbonyl (C=O) groups excluding carboxylic acids is 1. The van der Waals surface area contributed by atoms with Crippen LogP contribution in [0.15, 0.2) is 59.4 Å². The fraction of sp³-hybridized carbons (Fsp3) is 0.545. The van der Waals surface area contributed by atoms with E-state index in [2.05, 4.69) is 15.2 Å². The molecule has 3 aliphatic rings. The average molecular weight is 559 g/mol. The third kappa shape index (κ3) is 6.04. The van der Waals surface area contributed by atoms with Gasteiger partial charge in [0.25, 0.3) is 5.56 Å². The molecule has 1 aromatic heterocycles. The lowest BCUT2D eigenvalue weighted by Crippen LogP contribution is -2.50. The molecule has 0 radical (unpaired) electrons. The molecule has 0 unspecified atom stereocenters. The van der Waals surface area contributed by atoms with Gasteiger partial charge in [-0.15, -0.1) is 0 Å². The van der Waals surface area contributed by atoms with Gasteiger partial charge >= 0.3 is 5.97 Å². The lowest BCUT2D eigenvalue weighted by Gasteiger charge is -2.45. The number of aliphatic hydroxyl groups excluding tert-OH is 1. The van der Waals surface area contributed by atoms with Crippen LogP contribution in [0.4, 0.5) is 5.82 Å². The Morgan fingerprint density at radius 3 is 2.24 bits per heavy atom. The van der Waals surface area contributed by atoms with Crippen molar-refractivity contribution in [1.29, 1.82) is 0 Å². The number of aliphatic hydroxyl groups is 1. The van der Waals surface area contributed by atoms with E-state index in [4.69, 9.17) is 4.74 Å². The molecule has 8 heteroatoms. The molecule has 3 heterocycles. The zero-order chi connectivity index (χ0) is 28.2. The van der Waals surface area contributed by atoms with E-state index in [9.17, 15) is 14.7 Å². The highest BCUT2D eigenvalue weighted by Gasteiger charge is 2.44. The minimum absolute atomic E-state index is 0.0656. The molecule has 1 saturated carbocycles. The van der Waals surface area contributed by atoms with Gasteiger partial charge < -0.3 is 19.7 Å². The number of hydrogen-bond acceptors (Lipinski definition) is 7. The van der Waals surface area contributed by atoms with Gasteiger partial charge in [0.05, 0.1) is 17.6 Å². The van der Waals surface area contributed by atoms with Gasteiger partial charge in [0.2, 0.25) is 0 Å². The van der Waals surface area contributed by atoms with Crippen molar-refractivity contribution >= 4 is 22.8 Å². The number of anilines is 1. The van der Waals surface area contributed by atoms with E-state index in [0.717, 1.165) is 23.9 Å². The molecular weight excluding hydrogens is 516 g/mol. The molecule has 41 heavy (non-hydrogen) atoms. The van der Waals surface area contributed by atoms with Gasteiger partial charge in [0, 0.05) is 24.2 Å². The van der Waals surface area contributed by atoms with Crippen LogP contribution in [-0.4, -0.2) is 56.3 Å².